The molecule has 0 bridgehead atoms. The number of hydrogen-bond acceptors (Lipinski definition) is 5. The number of nitrogens with one attached hydrogen (secondary N) is 2. The Kier molecular flexibility index (Phi) is 5.05. The van der Waals surface area contributed by atoms with Crippen LogP contribution in [0.4, 0.5) is 11.5 Å². The average molecular weight is 326 g/mol. The molecule has 126 valence electrons. The molecule has 0 radical (unpaired) electrons. The van der Waals surface area contributed by atoms with E-state index in [-0.39, 0.29) is 12.0 Å². The van der Waals surface area contributed by atoms with E-state index in [0.29, 0.717) is 18.1 Å². The molecule has 0 spiro atoms. The molecule has 1 aromatic heterocycles. The molecule has 2 aromatic rings. The van der Waals surface area contributed by atoms with Gasteiger partial charge in [-0.3, -0.25) is 4.79 Å². The molecule has 6 heteroatoms. The molecule has 1 fully saturated rings. The number of amides is 1. The molecule has 24 heavy (non-hydrogen) atoms. The maximum atomic E-state index is 12.1. The molecular formula is C18H22N4O2. The van der Waals surface area contributed by atoms with Crippen LogP contribution in [-0.2, 0) is 4.74 Å². The van der Waals surface area contributed by atoms with E-state index in [1.165, 1.54) is 5.56 Å². The molecule has 1 aliphatic rings. The fraction of sp³-hybridized carbons (Fsp3) is 0.389. The van der Waals surface area contributed by atoms with Crippen molar-refractivity contribution in [3.05, 3.63) is 47.2 Å². The molecule has 1 atom stereocenters. The number of nitrogens with zero attached hydrogens (tertiary/aromatic N) is 2. The Hall–Kier alpha value is -2.47. The number of hydrogen-bond donors (Lipinski definition) is 2. The third kappa shape index (κ3) is 4.08. The zero-order valence-corrected chi connectivity index (χ0v) is 14.0. The lowest BCUT2D eigenvalue weighted by molar-refractivity contribution is 0.0853. The first-order valence-corrected chi connectivity index (χ1v) is 8.19. The van der Waals surface area contributed by atoms with Crippen LogP contribution in [0.5, 0.6) is 0 Å². The first-order valence-electron chi connectivity index (χ1n) is 8.19. The molecule has 1 saturated heterocycles. The predicted octanol–water partition coefficient (Wildman–Crippen LogP) is 2.75. The molecule has 0 aliphatic carbocycles. The Morgan fingerprint density at radius 1 is 1.25 bits per heavy atom. The third-order valence-corrected chi connectivity index (χ3v) is 4.06. The van der Waals surface area contributed by atoms with Crippen molar-refractivity contribution in [2.45, 2.75) is 32.8 Å². The normalized spacial score (nSPS) is 16.8. The standard InChI is InChI=1S/C18H22N4O2/c1-12-5-6-15(13(2)10-12)20-17-8-7-16(21-22-17)18(23)19-11-14-4-3-9-24-14/h5-8,10,14H,3-4,9,11H2,1-2H3,(H,19,23)(H,20,22). The van der Waals surface area contributed by atoms with E-state index in [0.717, 1.165) is 30.7 Å². The highest BCUT2D eigenvalue weighted by atomic mass is 16.5. The Bertz CT molecular complexity index is 709. The summed E-state index contributed by atoms with van der Waals surface area (Å²) in [6, 6.07) is 9.57. The highest BCUT2D eigenvalue weighted by Gasteiger charge is 2.17. The zero-order valence-electron chi connectivity index (χ0n) is 14.0. The van der Waals surface area contributed by atoms with Gasteiger partial charge < -0.3 is 15.4 Å². The van der Waals surface area contributed by atoms with Crippen LogP contribution >= 0.6 is 0 Å². The Morgan fingerprint density at radius 2 is 2.12 bits per heavy atom. The monoisotopic (exact) mass is 326 g/mol. The van der Waals surface area contributed by atoms with E-state index in [1.54, 1.807) is 12.1 Å². The fourth-order valence-electron chi connectivity index (χ4n) is 2.71. The third-order valence-electron chi connectivity index (χ3n) is 4.06. The van der Waals surface area contributed by atoms with Crippen molar-refractivity contribution in [3.8, 4) is 0 Å². The number of carbonyl (C=O) groups excluding carboxylic acids is 1. The van der Waals surface area contributed by atoms with Crippen molar-refractivity contribution in [1.29, 1.82) is 0 Å². The lowest BCUT2D eigenvalue weighted by Crippen LogP contribution is -2.32. The van der Waals surface area contributed by atoms with Gasteiger partial charge in [0.05, 0.1) is 6.10 Å². The van der Waals surface area contributed by atoms with Gasteiger partial charge in [0.15, 0.2) is 11.5 Å². The Balaban J connectivity index is 1.59. The molecule has 1 amide bonds. The number of rotatable bonds is 5. The van der Waals surface area contributed by atoms with Crippen molar-refractivity contribution in [2.24, 2.45) is 0 Å². The van der Waals surface area contributed by atoms with Gasteiger partial charge in [-0.25, -0.2) is 0 Å². The van der Waals surface area contributed by atoms with Gasteiger partial charge in [-0.1, -0.05) is 17.7 Å². The van der Waals surface area contributed by atoms with E-state index < -0.39 is 0 Å². The molecule has 1 unspecified atom stereocenters. The van der Waals surface area contributed by atoms with Crippen LogP contribution in [0.15, 0.2) is 30.3 Å². The van der Waals surface area contributed by atoms with Gasteiger partial charge in [0.2, 0.25) is 0 Å². The summed E-state index contributed by atoms with van der Waals surface area (Å²) in [5, 5.41) is 14.1. The molecule has 0 saturated carbocycles. The summed E-state index contributed by atoms with van der Waals surface area (Å²) in [6.07, 6.45) is 2.16. The predicted molar refractivity (Wildman–Crippen MR) is 92.5 cm³/mol. The van der Waals surface area contributed by atoms with Crippen LogP contribution in [0.1, 0.15) is 34.5 Å². The van der Waals surface area contributed by atoms with Crippen molar-refractivity contribution in [2.75, 3.05) is 18.5 Å². The minimum Gasteiger partial charge on any atom is -0.376 e. The number of anilines is 2. The smallest absolute Gasteiger partial charge is 0.271 e. The molecule has 6 nitrogen and oxygen atoms in total. The SMILES string of the molecule is Cc1ccc(Nc2ccc(C(=O)NCC3CCCO3)nn2)c(C)c1. The number of carbonyl (C=O) groups is 1. The molecular weight excluding hydrogens is 304 g/mol. The maximum absolute atomic E-state index is 12.1. The molecule has 1 aliphatic heterocycles. The van der Waals surface area contributed by atoms with Crippen molar-refractivity contribution in [3.63, 3.8) is 0 Å². The Morgan fingerprint density at radius 3 is 2.79 bits per heavy atom. The van der Waals surface area contributed by atoms with Gasteiger partial charge in [-0.05, 0) is 50.5 Å². The average Bonchev–Trinajstić information content (AvgIpc) is 3.09. The second-order valence-corrected chi connectivity index (χ2v) is 6.09. The summed E-state index contributed by atoms with van der Waals surface area (Å²) in [4.78, 5) is 12.1. The molecule has 1 aromatic carbocycles. The van der Waals surface area contributed by atoms with Gasteiger partial charge in [-0.2, -0.15) is 0 Å². The molecule has 3 rings (SSSR count). The number of benzene rings is 1. The van der Waals surface area contributed by atoms with Gasteiger partial charge in [0, 0.05) is 18.8 Å². The quantitative estimate of drug-likeness (QED) is 0.883. The fourth-order valence-corrected chi connectivity index (χ4v) is 2.71. The minimum atomic E-state index is -0.226. The van der Waals surface area contributed by atoms with Crippen molar-refractivity contribution in [1.82, 2.24) is 15.5 Å². The van der Waals surface area contributed by atoms with Crippen LogP contribution in [0, 0.1) is 13.8 Å². The first-order chi connectivity index (χ1) is 11.6. The van der Waals surface area contributed by atoms with Crippen LogP contribution in [0.25, 0.3) is 0 Å². The molecule has 2 N–H and O–H groups in total. The van der Waals surface area contributed by atoms with Gasteiger partial charge in [0.1, 0.15) is 0 Å². The van der Waals surface area contributed by atoms with E-state index in [4.69, 9.17) is 4.74 Å². The second-order valence-electron chi connectivity index (χ2n) is 6.09. The van der Waals surface area contributed by atoms with Crippen molar-refractivity contribution < 1.29 is 9.53 Å². The summed E-state index contributed by atoms with van der Waals surface area (Å²) in [5.74, 6) is 0.383. The second kappa shape index (κ2) is 7.40. The summed E-state index contributed by atoms with van der Waals surface area (Å²) >= 11 is 0. The van der Waals surface area contributed by atoms with Gasteiger partial charge in [0.25, 0.3) is 5.91 Å². The van der Waals surface area contributed by atoms with Gasteiger partial charge >= 0.3 is 0 Å². The van der Waals surface area contributed by atoms with Crippen LogP contribution in [0.2, 0.25) is 0 Å². The number of aryl methyl sites for hydroxylation is 2. The number of aromatic nitrogens is 2. The molecule has 2 heterocycles. The van der Waals surface area contributed by atoms with Crippen LogP contribution in [-0.4, -0.2) is 35.4 Å². The first kappa shape index (κ1) is 16.4. The van der Waals surface area contributed by atoms with E-state index in [1.807, 2.05) is 19.1 Å². The topological polar surface area (TPSA) is 76.1 Å². The van der Waals surface area contributed by atoms with E-state index >= 15 is 0 Å². The lowest BCUT2D eigenvalue weighted by Gasteiger charge is -2.11. The summed E-state index contributed by atoms with van der Waals surface area (Å²) in [7, 11) is 0. The van der Waals surface area contributed by atoms with Crippen LogP contribution in [0.3, 0.4) is 0 Å². The van der Waals surface area contributed by atoms with Gasteiger partial charge in [-0.15, -0.1) is 10.2 Å². The van der Waals surface area contributed by atoms with E-state index in [9.17, 15) is 4.79 Å². The Labute approximate surface area is 141 Å². The van der Waals surface area contributed by atoms with E-state index in [2.05, 4.69) is 33.8 Å². The van der Waals surface area contributed by atoms with Crippen LogP contribution < -0.4 is 10.6 Å². The maximum Gasteiger partial charge on any atom is 0.271 e. The largest absolute Gasteiger partial charge is 0.376 e. The zero-order chi connectivity index (χ0) is 16.9. The number of ether oxygens (including phenoxy) is 1. The lowest BCUT2D eigenvalue weighted by atomic mass is 10.1. The highest BCUT2D eigenvalue weighted by molar-refractivity contribution is 5.92. The summed E-state index contributed by atoms with van der Waals surface area (Å²) < 4.78 is 5.48. The minimum absolute atomic E-state index is 0.118. The van der Waals surface area contributed by atoms with Crippen molar-refractivity contribution >= 4 is 17.4 Å². The summed E-state index contributed by atoms with van der Waals surface area (Å²) in [6.45, 7) is 5.39. The highest BCUT2D eigenvalue weighted by Crippen LogP contribution is 2.19. The summed E-state index contributed by atoms with van der Waals surface area (Å²) in [5.41, 5.74) is 3.63.